The largest absolute Gasteiger partial charge is 0.385 e. The third kappa shape index (κ3) is 7.09. The summed E-state index contributed by atoms with van der Waals surface area (Å²) in [6.45, 7) is 2.94. The van der Waals surface area contributed by atoms with Crippen LogP contribution < -0.4 is 5.73 Å². The molecule has 1 fully saturated rings. The fraction of sp³-hybridized carbons (Fsp3) is 0.394. The quantitative estimate of drug-likeness (QED) is 0.252. The molecule has 4 aromatic rings. The van der Waals surface area contributed by atoms with E-state index < -0.39 is 9.84 Å². The summed E-state index contributed by atoms with van der Waals surface area (Å²) >= 11 is 0. The van der Waals surface area contributed by atoms with Crippen molar-refractivity contribution in [1.82, 2.24) is 14.5 Å². The Morgan fingerprint density at radius 2 is 1.74 bits per heavy atom. The van der Waals surface area contributed by atoms with Gasteiger partial charge in [0.05, 0.1) is 15.9 Å². The first-order valence-electron chi connectivity index (χ1n) is 14.6. The second-order valence-electron chi connectivity index (χ2n) is 11.3. The molecule has 2 atom stereocenters. The number of aromatic nitrogens is 2. The van der Waals surface area contributed by atoms with Crippen molar-refractivity contribution in [2.75, 3.05) is 33.1 Å². The van der Waals surface area contributed by atoms with Gasteiger partial charge in [-0.1, -0.05) is 48.5 Å². The minimum atomic E-state index is -3.22. The lowest BCUT2D eigenvalue weighted by Crippen LogP contribution is -2.42. The van der Waals surface area contributed by atoms with Crippen molar-refractivity contribution in [3.63, 3.8) is 0 Å². The Kier molecular flexibility index (Phi) is 9.40. The average Bonchev–Trinajstić information content (AvgIpc) is 3.36. The Morgan fingerprint density at radius 1 is 1.05 bits per heavy atom. The standard InChI is InChI=1S/C33H40N4O4S/c1-41-20-6-19-37-31-9-4-3-8-30(31)35-33(37)27-7-5-18-36(23-27)32(38)22-28(34)21-24-10-12-25(13-11-24)26-14-16-29(17-15-26)42(2,39)40/h3-4,8-17,27-28H,5-7,18-23,34H2,1-2H3. The molecule has 0 radical (unpaired) electrons. The molecule has 2 heterocycles. The molecule has 9 heteroatoms. The second-order valence-corrected chi connectivity index (χ2v) is 13.3. The third-order valence-electron chi connectivity index (χ3n) is 8.06. The smallest absolute Gasteiger partial charge is 0.224 e. The number of benzene rings is 3. The van der Waals surface area contributed by atoms with E-state index in [1.165, 1.54) is 6.26 Å². The number of para-hydroxylation sites is 2. The predicted molar refractivity (Wildman–Crippen MR) is 166 cm³/mol. The van der Waals surface area contributed by atoms with E-state index in [0.29, 0.717) is 30.9 Å². The van der Waals surface area contributed by atoms with Crippen molar-refractivity contribution in [2.45, 2.75) is 55.5 Å². The van der Waals surface area contributed by atoms with Crippen LogP contribution in [0.25, 0.3) is 22.2 Å². The van der Waals surface area contributed by atoms with Crippen LogP contribution in [0.15, 0.2) is 77.7 Å². The fourth-order valence-corrected chi connectivity index (χ4v) is 6.51. The highest BCUT2D eigenvalue weighted by molar-refractivity contribution is 7.90. The van der Waals surface area contributed by atoms with Gasteiger partial charge in [0, 0.05) is 58.0 Å². The summed E-state index contributed by atoms with van der Waals surface area (Å²) in [6.07, 6.45) is 4.96. The first-order chi connectivity index (χ1) is 20.2. The van der Waals surface area contributed by atoms with Gasteiger partial charge in [-0.15, -0.1) is 0 Å². The molecule has 0 saturated carbocycles. The van der Waals surface area contributed by atoms with Crippen LogP contribution in [0, 0.1) is 0 Å². The van der Waals surface area contributed by atoms with Crippen molar-refractivity contribution in [2.24, 2.45) is 5.73 Å². The SMILES string of the molecule is COCCCn1c(C2CCCN(C(=O)CC(N)Cc3ccc(-c4ccc(S(C)(=O)=O)cc4)cc3)C2)nc2ccccc21. The molecule has 1 saturated heterocycles. The molecule has 1 aromatic heterocycles. The maximum atomic E-state index is 13.3. The fourth-order valence-electron chi connectivity index (χ4n) is 5.88. The topological polar surface area (TPSA) is 108 Å². The number of sulfone groups is 1. The van der Waals surface area contributed by atoms with E-state index in [1.54, 1.807) is 19.2 Å². The third-order valence-corrected chi connectivity index (χ3v) is 9.19. The van der Waals surface area contributed by atoms with Crippen LogP contribution in [0.2, 0.25) is 0 Å². The minimum absolute atomic E-state index is 0.0943. The van der Waals surface area contributed by atoms with E-state index in [1.807, 2.05) is 53.4 Å². The summed E-state index contributed by atoms with van der Waals surface area (Å²) < 4.78 is 31.1. The summed E-state index contributed by atoms with van der Waals surface area (Å²) in [7, 11) is -1.50. The van der Waals surface area contributed by atoms with Gasteiger partial charge in [0.1, 0.15) is 5.82 Å². The molecule has 8 nitrogen and oxygen atoms in total. The Morgan fingerprint density at radius 3 is 2.43 bits per heavy atom. The summed E-state index contributed by atoms with van der Waals surface area (Å²) in [5.41, 5.74) is 11.6. The van der Waals surface area contributed by atoms with Crippen LogP contribution in [-0.4, -0.2) is 67.9 Å². The van der Waals surface area contributed by atoms with Crippen molar-refractivity contribution < 1.29 is 17.9 Å². The molecule has 5 rings (SSSR count). The lowest BCUT2D eigenvalue weighted by atomic mass is 9.95. The Bertz CT molecular complexity index is 1610. The van der Waals surface area contributed by atoms with Gasteiger partial charge in [0.2, 0.25) is 5.91 Å². The normalized spacial score (nSPS) is 16.5. The number of methoxy groups -OCH3 is 1. The Hall–Kier alpha value is -3.53. The molecule has 0 aliphatic carbocycles. The van der Waals surface area contributed by atoms with E-state index in [9.17, 15) is 13.2 Å². The number of imidazole rings is 1. The summed E-state index contributed by atoms with van der Waals surface area (Å²) in [5.74, 6) is 1.34. The number of carbonyl (C=O) groups is 1. The number of ether oxygens (including phenoxy) is 1. The summed E-state index contributed by atoms with van der Waals surface area (Å²) in [6, 6.07) is 22.9. The van der Waals surface area contributed by atoms with Crippen molar-refractivity contribution in [3.8, 4) is 11.1 Å². The maximum absolute atomic E-state index is 13.3. The number of amides is 1. The van der Waals surface area contributed by atoms with Gasteiger partial charge in [-0.2, -0.15) is 0 Å². The van der Waals surface area contributed by atoms with Gasteiger partial charge >= 0.3 is 0 Å². The Labute approximate surface area is 248 Å². The van der Waals surface area contributed by atoms with Gasteiger partial charge in [0.15, 0.2) is 9.84 Å². The number of rotatable bonds is 11. The van der Waals surface area contributed by atoms with E-state index in [-0.39, 0.29) is 17.9 Å². The maximum Gasteiger partial charge on any atom is 0.224 e. The van der Waals surface area contributed by atoms with Crippen molar-refractivity contribution >= 4 is 26.8 Å². The van der Waals surface area contributed by atoms with E-state index in [0.717, 1.165) is 65.9 Å². The predicted octanol–water partition coefficient (Wildman–Crippen LogP) is 4.81. The molecular weight excluding hydrogens is 548 g/mol. The highest BCUT2D eigenvalue weighted by Crippen LogP contribution is 2.30. The van der Waals surface area contributed by atoms with Gasteiger partial charge in [0.25, 0.3) is 0 Å². The molecule has 1 amide bonds. The first kappa shape index (κ1) is 29.9. The monoisotopic (exact) mass is 588 g/mol. The number of aryl methyl sites for hydroxylation is 1. The molecule has 42 heavy (non-hydrogen) atoms. The number of hydrogen-bond donors (Lipinski definition) is 1. The van der Waals surface area contributed by atoms with E-state index in [4.69, 9.17) is 15.5 Å². The number of fused-ring (bicyclic) bond motifs is 1. The number of nitrogens with zero attached hydrogens (tertiary/aromatic N) is 3. The zero-order valence-electron chi connectivity index (χ0n) is 24.4. The van der Waals surface area contributed by atoms with Crippen molar-refractivity contribution in [3.05, 3.63) is 84.2 Å². The van der Waals surface area contributed by atoms with E-state index >= 15 is 0 Å². The van der Waals surface area contributed by atoms with Crippen LogP contribution in [0.5, 0.6) is 0 Å². The van der Waals surface area contributed by atoms with Gasteiger partial charge < -0.3 is 19.9 Å². The van der Waals surface area contributed by atoms with Crippen LogP contribution in [-0.2, 0) is 32.3 Å². The molecule has 1 aliphatic heterocycles. The molecule has 222 valence electrons. The van der Waals surface area contributed by atoms with Crippen LogP contribution in [0.1, 0.15) is 43.0 Å². The average molecular weight is 589 g/mol. The number of likely N-dealkylation sites (tertiary alicyclic amines) is 1. The van der Waals surface area contributed by atoms with Crippen LogP contribution in [0.4, 0.5) is 0 Å². The summed E-state index contributed by atoms with van der Waals surface area (Å²) in [5, 5.41) is 0. The number of hydrogen-bond acceptors (Lipinski definition) is 6. The van der Waals surface area contributed by atoms with Crippen LogP contribution >= 0.6 is 0 Å². The summed E-state index contributed by atoms with van der Waals surface area (Å²) in [4.78, 5) is 20.6. The molecule has 1 aliphatic rings. The van der Waals surface area contributed by atoms with Gasteiger partial charge in [-0.05, 0) is 66.6 Å². The number of piperidine rings is 1. The van der Waals surface area contributed by atoms with Crippen molar-refractivity contribution in [1.29, 1.82) is 0 Å². The zero-order valence-corrected chi connectivity index (χ0v) is 25.2. The molecule has 2 N–H and O–H groups in total. The first-order valence-corrected chi connectivity index (χ1v) is 16.5. The second kappa shape index (κ2) is 13.2. The van der Waals surface area contributed by atoms with Crippen LogP contribution in [0.3, 0.4) is 0 Å². The van der Waals surface area contributed by atoms with E-state index in [2.05, 4.69) is 16.7 Å². The molecule has 0 spiro atoms. The minimum Gasteiger partial charge on any atom is -0.385 e. The molecular formula is C33H40N4O4S. The van der Waals surface area contributed by atoms with Gasteiger partial charge in [-0.25, -0.2) is 13.4 Å². The lowest BCUT2D eigenvalue weighted by molar-refractivity contribution is -0.132. The highest BCUT2D eigenvalue weighted by atomic mass is 32.2. The number of nitrogens with two attached hydrogens (primary N) is 1. The molecule has 3 aromatic carbocycles. The molecule has 0 bridgehead atoms. The van der Waals surface area contributed by atoms with Gasteiger partial charge in [-0.3, -0.25) is 4.79 Å². The zero-order chi connectivity index (χ0) is 29.7. The Balaban J connectivity index is 1.20. The highest BCUT2D eigenvalue weighted by Gasteiger charge is 2.29. The number of carbonyl (C=O) groups excluding carboxylic acids is 1. The molecule has 2 unspecified atom stereocenters. The lowest BCUT2D eigenvalue weighted by Gasteiger charge is -2.33.